The largest absolute Gasteiger partial charge is 2.00 e. The van der Waals surface area contributed by atoms with Gasteiger partial charge in [0.25, 0.3) is 0 Å². The van der Waals surface area contributed by atoms with Crippen LogP contribution < -0.4 is 0 Å². The van der Waals surface area contributed by atoms with Gasteiger partial charge >= 0.3 is 19.5 Å². The van der Waals surface area contributed by atoms with Crippen molar-refractivity contribution in [1.82, 2.24) is 0 Å². The van der Waals surface area contributed by atoms with Crippen molar-refractivity contribution in [2.75, 3.05) is 13.2 Å². The maximum Gasteiger partial charge on any atom is 2.00 e. The average Bonchev–Trinajstić information content (AvgIpc) is 2.67. The summed E-state index contributed by atoms with van der Waals surface area (Å²) >= 11 is 0. The molecular weight excluding hydrogens is 193 g/mol. The Balaban J connectivity index is 0.000000167. The molecule has 0 unspecified atom stereocenters. The van der Waals surface area contributed by atoms with Gasteiger partial charge in [-0.3, -0.25) is 0 Å². The molecule has 2 aliphatic rings. The van der Waals surface area contributed by atoms with Gasteiger partial charge in [-0.15, -0.1) is 0 Å². The summed E-state index contributed by atoms with van der Waals surface area (Å²) < 4.78 is 9.28. The minimum absolute atomic E-state index is 0. The number of rotatable bonds is 0. The first-order valence-electron chi connectivity index (χ1n) is 3.38. The van der Waals surface area contributed by atoms with Crippen LogP contribution in [0.2, 0.25) is 0 Å². The first kappa shape index (κ1) is 10.7. The van der Waals surface area contributed by atoms with E-state index >= 15 is 0 Å². The SMILES string of the molecule is [C-]1=CCCO1.[C-]1=CCCO1.[Zn+2]. The van der Waals surface area contributed by atoms with E-state index in [1.807, 2.05) is 12.2 Å². The zero-order valence-corrected chi connectivity index (χ0v) is 9.47. The Morgan fingerprint density at radius 1 is 0.909 bits per heavy atom. The van der Waals surface area contributed by atoms with Gasteiger partial charge in [-0.25, -0.2) is 12.2 Å². The first-order valence-corrected chi connectivity index (χ1v) is 3.38. The van der Waals surface area contributed by atoms with Gasteiger partial charge < -0.3 is 22.0 Å². The minimum Gasteiger partial charge on any atom is -0.693 e. The normalized spacial score (nSPS) is 17.5. The summed E-state index contributed by atoms with van der Waals surface area (Å²) in [5.41, 5.74) is 0. The average molecular weight is 204 g/mol. The maximum absolute atomic E-state index is 4.64. The van der Waals surface area contributed by atoms with E-state index in [0.717, 1.165) is 26.1 Å². The van der Waals surface area contributed by atoms with Crippen molar-refractivity contribution in [2.45, 2.75) is 12.8 Å². The summed E-state index contributed by atoms with van der Waals surface area (Å²) in [5.74, 6) is 0. The fourth-order valence-electron chi connectivity index (χ4n) is 0.589. The molecule has 0 aliphatic carbocycles. The predicted octanol–water partition coefficient (Wildman–Crippen LogP) is 1.44. The fourth-order valence-corrected chi connectivity index (χ4v) is 0.589. The molecule has 3 heteroatoms. The summed E-state index contributed by atoms with van der Waals surface area (Å²) in [7, 11) is 0. The molecular formula is C8H10O2Zn. The first-order chi connectivity index (χ1) is 5.00. The topological polar surface area (TPSA) is 18.5 Å². The number of hydrogen-bond acceptors (Lipinski definition) is 2. The maximum atomic E-state index is 4.64. The van der Waals surface area contributed by atoms with Gasteiger partial charge in [-0.05, 0) is 12.8 Å². The van der Waals surface area contributed by atoms with E-state index in [2.05, 4.69) is 22.0 Å². The van der Waals surface area contributed by atoms with Crippen molar-refractivity contribution in [3.8, 4) is 0 Å². The van der Waals surface area contributed by atoms with E-state index in [9.17, 15) is 0 Å². The summed E-state index contributed by atoms with van der Waals surface area (Å²) in [6.07, 6.45) is 11.1. The van der Waals surface area contributed by atoms with E-state index in [1.54, 1.807) is 0 Å². The Bertz CT molecular complexity index is 104. The summed E-state index contributed by atoms with van der Waals surface area (Å²) in [5, 5.41) is 0. The van der Waals surface area contributed by atoms with Gasteiger partial charge in [-0.1, -0.05) is 0 Å². The second-order valence-electron chi connectivity index (χ2n) is 1.92. The van der Waals surface area contributed by atoms with Crippen LogP contribution in [0, 0.1) is 12.5 Å². The van der Waals surface area contributed by atoms with E-state index in [1.165, 1.54) is 0 Å². The van der Waals surface area contributed by atoms with Crippen LogP contribution in [0.1, 0.15) is 12.8 Å². The molecule has 0 spiro atoms. The standard InChI is InChI=1S/2C4H5O.Zn/c2*1-2-4-5-3-1;/h2*1H,2,4H2;/q2*-1;+2. The number of hydrogen-bond donors (Lipinski definition) is 0. The Kier molecular flexibility index (Phi) is 7.60. The van der Waals surface area contributed by atoms with Gasteiger partial charge in [-0.2, -0.15) is 0 Å². The van der Waals surface area contributed by atoms with Crippen molar-refractivity contribution in [2.24, 2.45) is 0 Å². The molecule has 0 saturated carbocycles. The minimum atomic E-state index is 0. The van der Waals surface area contributed by atoms with Crippen LogP contribution in [-0.4, -0.2) is 13.2 Å². The van der Waals surface area contributed by atoms with Crippen molar-refractivity contribution < 1.29 is 29.0 Å². The van der Waals surface area contributed by atoms with Gasteiger partial charge in [0, 0.05) is 13.2 Å². The van der Waals surface area contributed by atoms with E-state index < -0.39 is 0 Å². The molecule has 0 aromatic rings. The second-order valence-corrected chi connectivity index (χ2v) is 1.92. The summed E-state index contributed by atoms with van der Waals surface area (Å²) in [6, 6.07) is 0. The van der Waals surface area contributed by atoms with E-state index in [0.29, 0.717) is 0 Å². The van der Waals surface area contributed by atoms with Crippen LogP contribution in [-0.2, 0) is 29.0 Å². The van der Waals surface area contributed by atoms with Crippen molar-refractivity contribution >= 4 is 0 Å². The van der Waals surface area contributed by atoms with Crippen LogP contribution in [0.4, 0.5) is 0 Å². The van der Waals surface area contributed by atoms with Gasteiger partial charge in [0.15, 0.2) is 0 Å². The van der Waals surface area contributed by atoms with Crippen LogP contribution in [0.3, 0.4) is 0 Å². The number of ether oxygens (including phenoxy) is 2. The summed E-state index contributed by atoms with van der Waals surface area (Å²) in [4.78, 5) is 0. The molecule has 0 fully saturated rings. The molecule has 2 rings (SSSR count). The van der Waals surface area contributed by atoms with E-state index in [-0.39, 0.29) is 19.5 Å². The van der Waals surface area contributed by atoms with E-state index in [4.69, 9.17) is 0 Å². The smallest absolute Gasteiger partial charge is 0.693 e. The fraction of sp³-hybridized carbons (Fsp3) is 0.500. The van der Waals surface area contributed by atoms with Gasteiger partial charge in [0.2, 0.25) is 0 Å². The van der Waals surface area contributed by atoms with Gasteiger partial charge in [0.1, 0.15) is 0 Å². The molecule has 56 valence electrons. The molecule has 0 radical (unpaired) electrons. The third kappa shape index (κ3) is 6.12. The molecule has 0 bridgehead atoms. The molecule has 0 N–H and O–H groups in total. The Morgan fingerprint density at radius 3 is 1.45 bits per heavy atom. The van der Waals surface area contributed by atoms with Crippen LogP contribution in [0.5, 0.6) is 0 Å². The molecule has 0 amide bonds. The Hall–Kier alpha value is -0.297. The molecule has 2 heterocycles. The molecule has 0 saturated heterocycles. The zero-order chi connectivity index (χ0) is 7.07. The molecule has 11 heavy (non-hydrogen) atoms. The molecule has 0 atom stereocenters. The van der Waals surface area contributed by atoms with Crippen molar-refractivity contribution in [1.29, 1.82) is 0 Å². The van der Waals surface area contributed by atoms with Crippen LogP contribution >= 0.6 is 0 Å². The summed E-state index contributed by atoms with van der Waals surface area (Å²) in [6.45, 7) is 1.67. The second kappa shape index (κ2) is 7.81. The molecule has 2 nitrogen and oxygen atoms in total. The third-order valence-electron chi connectivity index (χ3n) is 1.06. The molecule has 0 aromatic carbocycles. The van der Waals surface area contributed by atoms with Crippen LogP contribution in [0.25, 0.3) is 0 Å². The Morgan fingerprint density at radius 2 is 1.36 bits per heavy atom. The monoisotopic (exact) mass is 202 g/mol. The van der Waals surface area contributed by atoms with Crippen molar-refractivity contribution in [3.63, 3.8) is 0 Å². The third-order valence-corrected chi connectivity index (χ3v) is 1.06. The Labute approximate surface area is 80.0 Å². The van der Waals surface area contributed by atoms with Crippen molar-refractivity contribution in [3.05, 3.63) is 24.7 Å². The predicted molar refractivity (Wildman–Crippen MR) is 36.8 cm³/mol. The van der Waals surface area contributed by atoms with Gasteiger partial charge in [0.05, 0.1) is 0 Å². The molecule has 0 aromatic heterocycles. The quantitative estimate of drug-likeness (QED) is 0.438. The zero-order valence-electron chi connectivity index (χ0n) is 6.51. The van der Waals surface area contributed by atoms with Crippen LogP contribution in [0.15, 0.2) is 12.2 Å². The molecule has 2 aliphatic heterocycles.